The molecule has 2 bridgehead atoms. The van der Waals surface area contributed by atoms with Crippen molar-refractivity contribution in [1.82, 2.24) is 0 Å². The van der Waals surface area contributed by atoms with Gasteiger partial charge in [-0.2, -0.15) is 0 Å². The van der Waals surface area contributed by atoms with Gasteiger partial charge in [0.05, 0.1) is 0 Å². The van der Waals surface area contributed by atoms with Crippen LogP contribution in [0.1, 0.15) is 23.6 Å². The molecule has 3 atom stereocenters. The van der Waals surface area contributed by atoms with Crippen molar-refractivity contribution >= 4 is 11.3 Å². The lowest BCUT2D eigenvalue weighted by molar-refractivity contribution is 0.578. The number of thiophene rings is 1. The molecule has 0 nitrogen and oxygen atoms in total. The van der Waals surface area contributed by atoms with E-state index < -0.39 is 0 Å². The van der Waals surface area contributed by atoms with Crippen LogP contribution in [0, 0.1) is 11.8 Å². The molecule has 0 saturated heterocycles. The number of rotatable bonds is 1. The third-order valence-electron chi connectivity index (χ3n) is 3.23. The molecule has 2 aliphatic rings. The van der Waals surface area contributed by atoms with E-state index in [0.717, 1.165) is 17.8 Å². The van der Waals surface area contributed by atoms with Crippen LogP contribution in [-0.2, 0) is 0 Å². The van der Waals surface area contributed by atoms with Crippen molar-refractivity contribution in [1.29, 1.82) is 0 Å². The van der Waals surface area contributed by atoms with Gasteiger partial charge >= 0.3 is 0 Å². The van der Waals surface area contributed by atoms with Crippen LogP contribution in [0.4, 0.5) is 0 Å². The molecule has 2 aliphatic carbocycles. The van der Waals surface area contributed by atoms with Crippen molar-refractivity contribution in [2.75, 3.05) is 0 Å². The Kier molecular flexibility index (Phi) is 1.42. The van der Waals surface area contributed by atoms with Crippen molar-refractivity contribution < 1.29 is 0 Å². The first kappa shape index (κ1) is 6.90. The number of allylic oxidation sites excluding steroid dienone is 2. The van der Waals surface area contributed by atoms with Crippen molar-refractivity contribution in [3.05, 3.63) is 34.5 Å². The topological polar surface area (TPSA) is 0 Å². The minimum atomic E-state index is 0.852. The average Bonchev–Trinajstić information content (AvgIpc) is 2.78. The Balaban J connectivity index is 1.97. The van der Waals surface area contributed by atoms with Crippen molar-refractivity contribution in [2.45, 2.75) is 18.8 Å². The van der Waals surface area contributed by atoms with E-state index in [0.29, 0.717) is 0 Å². The molecule has 0 N–H and O–H groups in total. The molecule has 0 aliphatic heterocycles. The predicted octanol–water partition coefficient (Wildman–Crippen LogP) is 3.43. The second-order valence-electron chi connectivity index (χ2n) is 3.83. The zero-order valence-electron chi connectivity index (χ0n) is 6.94. The fraction of sp³-hybridized carbons (Fsp3) is 0.455. The van der Waals surface area contributed by atoms with Crippen molar-refractivity contribution in [3.8, 4) is 0 Å². The summed E-state index contributed by atoms with van der Waals surface area (Å²) in [6.45, 7) is 0. The van der Waals surface area contributed by atoms with Gasteiger partial charge in [-0.15, -0.1) is 11.3 Å². The summed E-state index contributed by atoms with van der Waals surface area (Å²) in [6.07, 6.45) is 7.70. The number of fused-ring (bicyclic) bond motifs is 2. The van der Waals surface area contributed by atoms with Gasteiger partial charge in [-0.1, -0.05) is 18.2 Å². The molecule has 1 aromatic heterocycles. The summed E-state index contributed by atoms with van der Waals surface area (Å²) in [5.74, 6) is 2.59. The van der Waals surface area contributed by atoms with Gasteiger partial charge in [0.15, 0.2) is 0 Å². The van der Waals surface area contributed by atoms with E-state index in [1.54, 1.807) is 4.88 Å². The van der Waals surface area contributed by atoms with Crippen LogP contribution in [0.15, 0.2) is 29.7 Å². The highest BCUT2D eigenvalue weighted by Gasteiger charge is 2.38. The lowest BCUT2D eigenvalue weighted by Gasteiger charge is -2.12. The Morgan fingerprint density at radius 1 is 1.17 bits per heavy atom. The maximum absolute atomic E-state index is 2.43. The highest BCUT2D eigenvalue weighted by Crippen LogP contribution is 2.51. The molecule has 1 saturated carbocycles. The van der Waals surface area contributed by atoms with E-state index in [-0.39, 0.29) is 0 Å². The molecular weight excluding hydrogens is 164 g/mol. The Morgan fingerprint density at radius 3 is 2.42 bits per heavy atom. The normalized spacial score (nSPS) is 37.8. The number of hydrogen-bond acceptors (Lipinski definition) is 1. The van der Waals surface area contributed by atoms with Gasteiger partial charge in [0.1, 0.15) is 0 Å². The first-order chi connectivity index (χ1) is 5.95. The van der Waals surface area contributed by atoms with Gasteiger partial charge in [0.25, 0.3) is 0 Å². The smallest absolute Gasteiger partial charge is 0.00879 e. The average molecular weight is 176 g/mol. The predicted molar refractivity (Wildman–Crippen MR) is 52.4 cm³/mol. The molecule has 1 heteroatoms. The summed E-state index contributed by atoms with van der Waals surface area (Å²) in [5.41, 5.74) is 0. The summed E-state index contributed by atoms with van der Waals surface area (Å²) < 4.78 is 0. The van der Waals surface area contributed by atoms with Crippen LogP contribution < -0.4 is 0 Å². The summed E-state index contributed by atoms with van der Waals surface area (Å²) in [5, 5.41) is 2.20. The van der Waals surface area contributed by atoms with Crippen LogP contribution in [0.25, 0.3) is 0 Å². The summed E-state index contributed by atoms with van der Waals surface area (Å²) in [7, 11) is 0. The lowest BCUT2D eigenvalue weighted by atomic mass is 9.95. The van der Waals surface area contributed by atoms with E-state index in [9.17, 15) is 0 Å². The quantitative estimate of drug-likeness (QED) is 0.575. The van der Waals surface area contributed by atoms with E-state index in [2.05, 4.69) is 29.7 Å². The summed E-state index contributed by atoms with van der Waals surface area (Å²) in [6, 6.07) is 4.48. The molecule has 3 rings (SSSR count). The van der Waals surface area contributed by atoms with Crippen molar-refractivity contribution in [3.63, 3.8) is 0 Å². The zero-order chi connectivity index (χ0) is 7.97. The van der Waals surface area contributed by atoms with Gasteiger partial charge < -0.3 is 0 Å². The Morgan fingerprint density at radius 2 is 1.92 bits per heavy atom. The Labute approximate surface area is 76.9 Å². The maximum atomic E-state index is 2.43. The fourth-order valence-corrected chi connectivity index (χ4v) is 3.66. The van der Waals surface area contributed by atoms with E-state index in [4.69, 9.17) is 0 Å². The van der Waals surface area contributed by atoms with E-state index in [1.165, 1.54) is 12.8 Å². The molecule has 0 aromatic carbocycles. The van der Waals surface area contributed by atoms with Crippen LogP contribution >= 0.6 is 11.3 Å². The minimum Gasteiger partial charge on any atom is -0.149 e. The highest BCUT2D eigenvalue weighted by molar-refractivity contribution is 7.10. The van der Waals surface area contributed by atoms with Gasteiger partial charge in [0, 0.05) is 10.8 Å². The second kappa shape index (κ2) is 2.46. The minimum absolute atomic E-state index is 0.852. The zero-order valence-corrected chi connectivity index (χ0v) is 7.76. The Bertz CT molecular complexity index is 283. The monoisotopic (exact) mass is 176 g/mol. The first-order valence-corrected chi connectivity index (χ1v) is 5.55. The second-order valence-corrected chi connectivity index (χ2v) is 4.81. The SMILES string of the molecule is C1=C[C@H]2CC[C@@H]1C2c1cccs1. The molecule has 1 fully saturated rings. The maximum Gasteiger partial charge on any atom is 0.00879 e. The lowest BCUT2D eigenvalue weighted by Crippen LogP contribution is -2.01. The van der Waals surface area contributed by atoms with E-state index >= 15 is 0 Å². The molecule has 12 heavy (non-hydrogen) atoms. The van der Waals surface area contributed by atoms with Crippen LogP contribution in [0.5, 0.6) is 0 Å². The largest absolute Gasteiger partial charge is 0.149 e. The summed E-state index contributed by atoms with van der Waals surface area (Å²) >= 11 is 1.93. The van der Waals surface area contributed by atoms with Crippen LogP contribution in [0.3, 0.4) is 0 Å². The molecule has 0 radical (unpaired) electrons. The summed E-state index contributed by atoms with van der Waals surface area (Å²) in [4.78, 5) is 1.60. The van der Waals surface area contributed by atoms with Gasteiger partial charge in [-0.3, -0.25) is 0 Å². The van der Waals surface area contributed by atoms with Crippen LogP contribution in [0.2, 0.25) is 0 Å². The fourth-order valence-electron chi connectivity index (χ4n) is 2.68. The third-order valence-corrected chi connectivity index (χ3v) is 4.21. The number of hydrogen-bond donors (Lipinski definition) is 0. The first-order valence-electron chi connectivity index (χ1n) is 4.67. The van der Waals surface area contributed by atoms with Crippen LogP contribution in [-0.4, -0.2) is 0 Å². The Hall–Kier alpha value is -0.560. The van der Waals surface area contributed by atoms with Gasteiger partial charge in [0.2, 0.25) is 0 Å². The highest BCUT2D eigenvalue weighted by atomic mass is 32.1. The van der Waals surface area contributed by atoms with Gasteiger partial charge in [-0.25, -0.2) is 0 Å². The molecule has 1 aromatic rings. The molecule has 62 valence electrons. The molecular formula is C11H12S. The van der Waals surface area contributed by atoms with Gasteiger partial charge in [-0.05, 0) is 36.1 Å². The molecule has 1 heterocycles. The standard InChI is InChI=1S/C11H12S/c1-2-10(12-7-1)11-8-3-4-9(11)6-5-8/h1-4,7-9,11H,5-6H2/t8-,9+,11?. The van der Waals surface area contributed by atoms with Crippen molar-refractivity contribution in [2.24, 2.45) is 11.8 Å². The molecule has 0 amide bonds. The van der Waals surface area contributed by atoms with E-state index in [1.807, 2.05) is 11.3 Å². The molecule has 0 spiro atoms. The molecule has 1 unspecified atom stereocenters. The third kappa shape index (κ3) is 0.831.